The number of tetrazole rings is 1. The van der Waals surface area contributed by atoms with Crippen molar-refractivity contribution in [3.05, 3.63) is 58.5 Å². The second kappa shape index (κ2) is 6.76. The van der Waals surface area contributed by atoms with E-state index in [0.29, 0.717) is 18.4 Å². The Morgan fingerprint density at radius 1 is 1.28 bits per heavy atom. The molecule has 3 heterocycles. The van der Waals surface area contributed by atoms with Crippen LogP contribution in [0.5, 0.6) is 0 Å². The van der Waals surface area contributed by atoms with E-state index >= 15 is 0 Å². The fraction of sp³-hybridized carbons (Fsp3) is 0.333. The Morgan fingerprint density at radius 3 is 2.80 bits per heavy atom. The van der Waals surface area contributed by atoms with Gasteiger partial charge in [-0.05, 0) is 52.9 Å². The maximum atomic E-state index is 12.7. The van der Waals surface area contributed by atoms with E-state index in [1.807, 2.05) is 29.2 Å². The monoisotopic (exact) mass is 353 g/mol. The van der Waals surface area contributed by atoms with Crippen LogP contribution in [-0.2, 0) is 11.2 Å². The van der Waals surface area contributed by atoms with Gasteiger partial charge in [-0.15, -0.1) is 16.4 Å². The zero-order valence-corrected chi connectivity index (χ0v) is 14.8. The number of rotatable bonds is 4. The number of carbonyl (C=O) groups is 1. The quantitative estimate of drug-likeness (QED) is 0.723. The van der Waals surface area contributed by atoms with E-state index in [1.165, 1.54) is 4.88 Å². The van der Waals surface area contributed by atoms with E-state index in [1.54, 1.807) is 22.3 Å². The van der Waals surface area contributed by atoms with Gasteiger partial charge in [0.2, 0.25) is 5.91 Å². The Hall–Kier alpha value is -2.54. The molecule has 0 saturated carbocycles. The number of nitrogens with zero attached hydrogens (tertiary/aromatic N) is 5. The van der Waals surface area contributed by atoms with E-state index in [2.05, 4.69) is 40.0 Å². The minimum absolute atomic E-state index is 0.196. The van der Waals surface area contributed by atoms with E-state index in [-0.39, 0.29) is 5.91 Å². The van der Waals surface area contributed by atoms with Crippen LogP contribution in [0.15, 0.2) is 48.1 Å². The Kier molecular flexibility index (Phi) is 4.31. The number of benzene rings is 1. The molecule has 1 amide bonds. The molecule has 3 aromatic rings. The standard InChI is InChI=1S/C18H19N5OS/c1-13-9-15(17-3-2-8-25-17)11-22(13)18(24)10-14-4-6-16(7-5-14)23-12-19-20-21-23/h2-8,12-13,15H,9-11H2,1H3. The van der Waals surface area contributed by atoms with Gasteiger partial charge in [-0.2, -0.15) is 0 Å². The zero-order valence-electron chi connectivity index (χ0n) is 13.9. The van der Waals surface area contributed by atoms with Gasteiger partial charge in [0, 0.05) is 23.4 Å². The van der Waals surface area contributed by atoms with Gasteiger partial charge in [0.05, 0.1) is 12.1 Å². The molecule has 1 saturated heterocycles. The normalized spacial score (nSPS) is 20.1. The van der Waals surface area contributed by atoms with Crippen molar-refractivity contribution in [1.29, 1.82) is 0 Å². The van der Waals surface area contributed by atoms with Crippen molar-refractivity contribution in [3.8, 4) is 5.69 Å². The van der Waals surface area contributed by atoms with Gasteiger partial charge in [0.1, 0.15) is 6.33 Å². The van der Waals surface area contributed by atoms with Crippen LogP contribution in [0.25, 0.3) is 5.69 Å². The van der Waals surface area contributed by atoms with Gasteiger partial charge in [-0.25, -0.2) is 4.68 Å². The van der Waals surface area contributed by atoms with Crippen molar-refractivity contribution in [2.45, 2.75) is 31.7 Å². The third-order valence-corrected chi connectivity index (χ3v) is 5.78. The number of hydrogen-bond acceptors (Lipinski definition) is 5. The van der Waals surface area contributed by atoms with E-state index in [9.17, 15) is 4.79 Å². The number of thiophene rings is 1. The molecule has 2 aromatic heterocycles. The Morgan fingerprint density at radius 2 is 2.12 bits per heavy atom. The number of likely N-dealkylation sites (tertiary alicyclic amines) is 1. The zero-order chi connectivity index (χ0) is 17.2. The summed E-state index contributed by atoms with van der Waals surface area (Å²) in [6, 6.07) is 12.3. The largest absolute Gasteiger partial charge is 0.339 e. The molecule has 1 aromatic carbocycles. The first kappa shape index (κ1) is 16.0. The summed E-state index contributed by atoms with van der Waals surface area (Å²) >= 11 is 1.78. The first-order valence-electron chi connectivity index (χ1n) is 8.36. The Balaban J connectivity index is 1.41. The number of amides is 1. The van der Waals surface area contributed by atoms with E-state index in [4.69, 9.17) is 0 Å². The molecule has 6 nitrogen and oxygen atoms in total. The van der Waals surface area contributed by atoms with Gasteiger partial charge in [-0.3, -0.25) is 4.79 Å². The predicted octanol–water partition coefficient (Wildman–Crippen LogP) is 2.67. The molecule has 2 atom stereocenters. The highest BCUT2D eigenvalue weighted by Gasteiger charge is 2.33. The van der Waals surface area contributed by atoms with Crippen LogP contribution in [0, 0.1) is 0 Å². The van der Waals surface area contributed by atoms with E-state index < -0.39 is 0 Å². The second-order valence-corrected chi connectivity index (χ2v) is 7.42. The molecule has 0 radical (unpaired) electrons. The lowest BCUT2D eigenvalue weighted by Gasteiger charge is -2.21. The van der Waals surface area contributed by atoms with Crippen molar-refractivity contribution >= 4 is 17.2 Å². The van der Waals surface area contributed by atoms with Crippen LogP contribution in [0.2, 0.25) is 0 Å². The first-order chi connectivity index (χ1) is 12.2. The lowest BCUT2D eigenvalue weighted by molar-refractivity contribution is -0.131. The van der Waals surface area contributed by atoms with Crippen molar-refractivity contribution in [2.24, 2.45) is 0 Å². The second-order valence-electron chi connectivity index (χ2n) is 6.44. The summed E-state index contributed by atoms with van der Waals surface area (Å²) in [6.45, 7) is 2.97. The molecule has 1 aliphatic rings. The summed E-state index contributed by atoms with van der Waals surface area (Å²) in [6.07, 6.45) is 3.03. The fourth-order valence-electron chi connectivity index (χ4n) is 3.43. The predicted molar refractivity (Wildman–Crippen MR) is 95.7 cm³/mol. The number of carbonyl (C=O) groups excluding carboxylic acids is 1. The highest BCUT2D eigenvalue weighted by molar-refractivity contribution is 7.10. The van der Waals surface area contributed by atoms with E-state index in [0.717, 1.165) is 24.2 Å². The summed E-state index contributed by atoms with van der Waals surface area (Å²) < 4.78 is 1.60. The van der Waals surface area contributed by atoms with Gasteiger partial charge in [0.15, 0.2) is 0 Å². The topological polar surface area (TPSA) is 63.9 Å². The van der Waals surface area contributed by atoms with Crippen LogP contribution >= 0.6 is 11.3 Å². The molecule has 25 heavy (non-hydrogen) atoms. The summed E-state index contributed by atoms with van der Waals surface area (Å²) in [7, 11) is 0. The average molecular weight is 353 g/mol. The average Bonchev–Trinajstić information content (AvgIpc) is 3.37. The lowest BCUT2D eigenvalue weighted by atomic mass is 10.1. The van der Waals surface area contributed by atoms with Crippen molar-refractivity contribution in [2.75, 3.05) is 6.54 Å². The number of aromatic nitrogens is 4. The SMILES string of the molecule is CC1CC(c2cccs2)CN1C(=O)Cc1ccc(-n2cnnn2)cc1. The van der Waals surface area contributed by atoms with Crippen LogP contribution in [0.4, 0.5) is 0 Å². The van der Waals surface area contributed by atoms with Crippen LogP contribution < -0.4 is 0 Å². The highest BCUT2D eigenvalue weighted by Crippen LogP contribution is 2.34. The van der Waals surface area contributed by atoms with Crippen LogP contribution in [-0.4, -0.2) is 43.6 Å². The summed E-state index contributed by atoms with van der Waals surface area (Å²) in [5, 5.41) is 13.2. The summed E-state index contributed by atoms with van der Waals surface area (Å²) in [5.74, 6) is 0.669. The summed E-state index contributed by atoms with van der Waals surface area (Å²) in [4.78, 5) is 16.2. The molecular weight excluding hydrogens is 334 g/mol. The molecule has 0 aliphatic carbocycles. The van der Waals surface area contributed by atoms with Crippen LogP contribution in [0.3, 0.4) is 0 Å². The molecule has 4 rings (SSSR count). The fourth-order valence-corrected chi connectivity index (χ4v) is 4.27. The first-order valence-corrected chi connectivity index (χ1v) is 9.24. The van der Waals surface area contributed by atoms with Crippen molar-refractivity contribution < 1.29 is 4.79 Å². The molecular formula is C18H19N5OS. The maximum Gasteiger partial charge on any atom is 0.227 e. The Labute approximate surface area is 150 Å². The van der Waals surface area contributed by atoms with Crippen LogP contribution in [0.1, 0.15) is 29.7 Å². The number of hydrogen-bond donors (Lipinski definition) is 0. The van der Waals surface area contributed by atoms with Gasteiger partial charge in [0.25, 0.3) is 0 Å². The highest BCUT2D eigenvalue weighted by atomic mass is 32.1. The molecule has 2 unspecified atom stereocenters. The third-order valence-electron chi connectivity index (χ3n) is 4.75. The van der Waals surface area contributed by atoms with Gasteiger partial charge < -0.3 is 4.90 Å². The third kappa shape index (κ3) is 3.32. The molecule has 7 heteroatoms. The molecule has 1 aliphatic heterocycles. The molecule has 0 N–H and O–H groups in total. The summed E-state index contributed by atoms with van der Waals surface area (Å²) in [5.41, 5.74) is 1.89. The smallest absolute Gasteiger partial charge is 0.227 e. The minimum Gasteiger partial charge on any atom is -0.339 e. The minimum atomic E-state index is 0.196. The molecule has 1 fully saturated rings. The van der Waals surface area contributed by atoms with Gasteiger partial charge >= 0.3 is 0 Å². The maximum absolute atomic E-state index is 12.7. The molecule has 0 spiro atoms. The van der Waals surface area contributed by atoms with Gasteiger partial charge in [-0.1, -0.05) is 18.2 Å². The van der Waals surface area contributed by atoms with Crippen molar-refractivity contribution in [1.82, 2.24) is 25.1 Å². The van der Waals surface area contributed by atoms with Crippen molar-refractivity contribution in [3.63, 3.8) is 0 Å². The lowest BCUT2D eigenvalue weighted by Crippen LogP contribution is -2.35. The molecule has 128 valence electrons. The molecule has 0 bridgehead atoms. The Bertz CT molecular complexity index is 829.